The Morgan fingerprint density at radius 3 is 2.75 bits per heavy atom. The largest absolute Gasteiger partial charge is 0.394 e. The molecule has 20 heavy (non-hydrogen) atoms. The maximum absolute atomic E-state index is 12.2. The lowest BCUT2D eigenvalue weighted by molar-refractivity contribution is 0.0637. The number of hydrogen-bond acceptors (Lipinski definition) is 3. The molecule has 5 heteroatoms. The molecule has 1 aliphatic rings. The zero-order valence-corrected chi connectivity index (χ0v) is 11.0. The molecule has 0 aliphatic heterocycles. The third-order valence-electron chi connectivity index (χ3n) is 3.99. The van der Waals surface area contributed by atoms with Crippen molar-refractivity contribution >= 4 is 16.7 Å². The number of carbonyl (C=O) groups excluding carboxylic acids is 1. The molecule has 3 N–H and O–H groups in total. The molecule has 0 spiro atoms. The van der Waals surface area contributed by atoms with Crippen molar-refractivity contribution in [2.45, 2.75) is 24.8 Å². The monoisotopic (exact) mass is 272 g/mol. The SMILES string of the molecule is O=C(NC1(CO)CCC1)c1cc2ccccc2c(=O)[nH]1. The molecule has 0 saturated heterocycles. The number of amides is 1. The van der Waals surface area contributed by atoms with Crippen molar-refractivity contribution < 1.29 is 9.90 Å². The molecule has 1 aliphatic carbocycles. The number of hydrogen-bond donors (Lipinski definition) is 3. The Labute approximate surface area is 115 Å². The van der Waals surface area contributed by atoms with Crippen LogP contribution in [0.4, 0.5) is 0 Å². The van der Waals surface area contributed by atoms with Gasteiger partial charge in [0.15, 0.2) is 0 Å². The Morgan fingerprint density at radius 1 is 1.35 bits per heavy atom. The molecular weight excluding hydrogens is 256 g/mol. The molecule has 1 saturated carbocycles. The zero-order chi connectivity index (χ0) is 14.2. The van der Waals surface area contributed by atoms with Crippen LogP contribution in [-0.2, 0) is 0 Å². The molecule has 1 amide bonds. The van der Waals surface area contributed by atoms with Crippen molar-refractivity contribution in [3.05, 3.63) is 46.4 Å². The first-order chi connectivity index (χ1) is 9.63. The van der Waals surface area contributed by atoms with Crippen molar-refractivity contribution in [2.24, 2.45) is 0 Å². The maximum atomic E-state index is 12.2. The number of carbonyl (C=O) groups is 1. The second kappa shape index (κ2) is 4.76. The number of fused-ring (bicyclic) bond motifs is 1. The summed E-state index contributed by atoms with van der Waals surface area (Å²) in [6.45, 7) is -0.0729. The molecule has 3 rings (SSSR count). The van der Waals surface area contributed by atoms with Crippen LogP contribution in [0, 0.1) is 0 Å². The molecule has 1 aromatic heterocycles. The Kier molecular flexibility index (Phi) is 3.06. The summed E-state index contributed by atoms with van der Waals surface area (Å²) in [6, 6.07) is 8.79. The summed E-state index contributed by atoms with van der Waals surface area (Å²) in [5, 5.41) is 13.5. The fourth-order valence-corrected chi connectivity index (χ4v) is 2.57. The van der Waals surface area contributed by atoms with Gasteiger partial charge in [0, 0.05) is 5.39 Å². The normalized spacial score (nSPS) is 16.6. The lowest BCUT2D eigenvalue weighted by Gasteiger charge is -2.40. The summed E-state index contributed by atoms with van der Waals surface area (Å²) in [5.41, 5.74) is -0.562. The molecule has 0 unspecified atom stereocenters. The van der Waals surface area contributed by atoms with Crippen LogP contribution in [0.3, 0.4) is 0 Å². The van der Waals surface area contributed by atoms with E-state index in [-0.39, 0.29) is 23.8 Å². The number of nitrogens with one attached hydrogen (secondary N) is 2. The lowest BCUT2D eigenvalue weighted by atomic mass is 9.77. The fraction of sp³-hybridized carbons (Fsp3) is 0.333. The Hall–Kier alpha value is -2.14. The first-order valence-electron chi connectivity index (χ1n) is 6.69. The van der Waals surface area contributed by atoms with Gasteiger partial charge in [0.25, 0.3) is 11.5 Å². The minimum atomic E-state index is -0.514. The van der Waals surface area contributed by atoms with Crippen molar-refractivity contribution in [3.63, 3.8) is 0 Å². The minimum Gasteiger partial charge on any atom is -0.394 e. The van der Waals surface area contributed by atoms with Gasteiger partial charge >= 0.3 is 0 Å². The number of benzene rings is 1. The van der Waals surface area contributed by atoms with Gasteiger partial charge in [0.05, 0.1) is 12.1 Å². The van der Waals surface area contributed by atoms with E-state index in [0.29, 0.717) is 5.39 Å². The molecule has 1 heterocycles. The van der Waals surface area contributed by atoms with Crippen LogP contribution in [0.1, 0.15) is 29.8 Å². The molecule has 0 bridgehead atoms. The minimum absolute atomic E-state index is 0.0729. The number of rotatable bonds is 3. The van der Waals surface area contributed by atoms with Crippen LogP contribution in [0.2, 0.25) is 0 Å². The van der Waals surface area contributed by atoms with E-state index in [1.807, 2.05) is 6.07 Å². The van der Waals surface area contributed by atoms with Crippen LogP contribution in [0.5, 0.6) is 0 Å². The van der Waals surface area contributed by atoms with E-state index >= 15 is 0 Å². The number of aromatic amines is 1. The van der Waals surface area contributed by atoms with Crippen molar-refractivity contribution in [1.29, 1.82) is 0 Å². The number of H-pyrrole nitrogens is 1. The van der Waals surface area contributed by atoms with Crippen LogP contribution in [-0.4, -0.2) is 28.1 Å². The smallest absolute Gasteiger partial charge is 0.268 e. The standard InChI is InChI=1S/C15H16N2O3/c18-9-15(6-3-7-15)17-14(20)12-8-10-4-1-2-5-11(10)13(19)16-12/h1-2,4-5,8,18H,3,6-7,9H2,(H,16,19)(H,17,20). The topological polar surface area (TPSA) is 82.2 Å². The predicted octanol–water partition coefficient (Wildman–Crippen LogP) is 1.17. The molecule has 2 aromatic rings. The van der Waals surface area contributed by atoms with E-state index < -0.39 is 5.54 Å². The van der Waals surface area contributed by atoms with Gasteiger partial charge in [0.2, 0.25) is 0 Å². The van der Waals surface area contributed by atoms with Crippen LogP contribution in [0.25, 0.3) is 10.8 Å². The fourth-order valence-electron chi connectivity index (χ4n) is 2.57. The molecule has 5 nitrogen and oxygen atoms in total. The quantitative estimate of drug-likeness (QED) is 0.784. The van der Waals surface area contributed by atoms with Gasteiger partial charge in [-0.3, -0.25) is 9.59 Å². The molecule has 0 atom stereocenters. The molecule has 0 radical (unpaired) electrons. The van der Waals surface area contributed by atoms with Gasteiger partial charge in [-0.05, 0) is 36.8 Å². The number of aliphatic hydroxyl groups excluding tert-OH is 1. The highest BCUT2D eigenvalue weighted by molar-refractivity contribution is 5.96. The average Bonchev–Trinajstić information content (AvgIpc) is 2.42. The Balaban J connectivity index is 1.94. The summed E-state index contributed by atoms with van der Waals surface area (Å²) in [7, 11) is 0. The van der Waals surface area contributed by atoms with E-state index in [4.69, 9.17) is 0 Å². The van der Waals surface area contributed by atoms with E-state index in [9.17, 15) is 14.7 Å². The highest BCUT2D eigenvalue weighted by Crippen LogP contribution is 2.31. The van der Waals surface area contributed by atoms with E-state index in [2.05, 4.69) is 10.3 Å². The highest BCUT2D eigenvalue weighted by Gasteiger charge is 2.38. The first kappa shape index (κ1) is 12.9. The molecule has 104 valence electrons. The summed E-state index contributed by atoms with van der Waals surface area (Å²) in [5.74, 6) is -0.346. The van der Waals surface area contributed by atoms with Crippen LogP contribution >= 0.6 is 0 Å². The van der Waals surface area contributed by atoms with Gasteiger partial charge in [-0.1, -0.05) is 18.2 Å². The van der Waals surface area contributed by atoms with E-state index in [0.717, 1.165) is 24.6 Å². The van der Waals surface area contributed by atoms with Crippen LogP contribution in [0.15, 0.2) is 35.1 Å². The van der Waals surface area contributed by atoms with Crippen molar-refractivity contribution in [3.8, 4) is 0 Å². The van der Waals surface area contributed by atoms with Gasteiger partial charge < -0.3 is 15.4 Å². The second-order valence-electron chi connectivity index (χ2n) is 5.35. The van der Waals surface area contributed by atoms with E-state index in [1.54, 1.807) is 24.3 Å². The summed E-state index contributed by atoms with van der Waals surface area (Å²) < 4.78 is 0. The van der Waals surface area contributed by atoms with Gasteiger partial charge in [0.1, 0.15) is 5.69 Å². The first-order valence-corrected chi connectivity index (χ1v) is 6.69. The summed E-state index contributed by atoms with van der Waals surface area (Å²) >= 11 is 0. The van der Waals surface area contributed by atoms with Crippen molar-refractivity contribution in [2.75, 3.05) is 6.61 Å². The molecule has 1 aromatic carbocycles. The molecule has 1 fully saturated rings. The molecular formula is C15H16N2O3. The maximum Gasteiger partial charge on any atom is 0.268 e. The number of aromatic nitrogens is 1. The number of aliphatic hydroxyl groups is 1. The highest BCUT2D eigenvalue weighted by atomic mass is 16.3. The summed E-state index contributed by atoms with van der Waals surface area (Å²) in [6.07, 6.45) is 2.54. The Morgan fingerprint density at radius 2 is 2.10 bits per heavy atom. The summed E-state index contributed by atoms with van der Waals surface area (Å²) in [4.78, 5) is 26.7. The number of pyridine rings is 1. The predicted molar refractivity (Wildman–Crippen MR) is 75.7 cm³/mol. The van der Waals surface area contributed by atoms with Gasteiger partial charge in [-0.2, -0.15) is 0 Å². The van der Waals surface area contributed by atoms with Gasteiger partial charge in [-0.15, -0.1) is 0 Å². The zero-order valence-electron chi connectivity index (χ0n) is 11.0. The second-order valence-corrected chi connectivity index (χ2v) is 5.35. The lowest BCUT2D eigenvalue weighted by Crippen LogP contribution is -2.56. The van der Waals surface area contributed by atoms with Crippen LogP contribution < -0.4 is 10.9 Å². The third kappa shape index (κ3) is 2.10. The van der Waals surface area contributed by atoms with E-state index in [1.165, 1.54) is 0 Å². The van der Waals surface area contributed by atoms with Gasteiger partial charge in [-0.25, -0.2) is 0 Å². The Bertz CT molecular complexity index is 711. The average molecular weight is 272 g/mol. The third-order valence-corrected chi connectivity index (χ3v) is 3.99. The van der Waals surface area contributed by atoms with Crippen molar-refractivity contribution in [1.82, 2.24) is 10.3 Å².